The number of rotatable bonds is 4. The molecular formula is C11H20O2. The monoisotopic (exact) mass is 184 g/mol. The molecule has 0 bridgehead atoms. The molecule has 0 aliphatic carbocycles. The van der Waals surface area contributed by atoms with E-state index in [1.807, 2.05) is 0 Å². The van der Waals surface area contributed by atoms with Crippen molar-refractivity contribution in [3.05, 3.63) is 0 Å². The second-order valence-electron chi connectivity index (χ2n) is 4.39. The van der Waals surface area contributed by atoms with Crippen molar-refractivity contribution in [3.63, 3.8) is 0 Å². The van der Waals surface area contributed by atoms with E-state index >= 15 is 0 Å². The number of carbonyl (C=O) groups excluding carboxylic acids is 1. The summed E-state index contributed by atoms with van der Waals surface area (Å²) in [5.41, 5.74) is -0.0952. The largest absolute Gasteiger partial charge is 0.381 e. The molecule has 0 radical (unpaired) electrons. The molecular weight excluding hydrogens is 164 g/mol. The van der Waals surface area contributed by atoms with E-state index in [4.69, 9.17) is 4.74 Å². The Kier molecular flexibility index (Phi) is 3.91. The highest BCUT2D eigenvalue weighted by molar-refractivity contribution is 5.58. The maximum atomic E-state index is 10.9. The molecule has 1 atom stereocenters. The zero-order valence-electron chi connectivity index (χ0n) is 8.71. The third-order valence-corrected chi connectivity index (χ3v) is 3.19. The minimum atomic E-state index is -0.0952. The van der Waals surface area contributed by atoms with Crippen LogP contribution in [0.1, 0.15) is 39.5 Å². The van der Waals surface area contributed by atoms with Gasteiger partial charge in [-0.3, -0.25) is 0 Å². The molecule has 1 fully saturated rings. The molecule has 0 N–H and O–H groups in total. The Morgan fingerprint density at radius 3 is 2.54 bits per heavy atom. The van der Waals surface area contributed by atoms with Gasteiger partial charge < -0.3 is 9.53 Å². The topological polar surface area (TPSA) is 26.3 Å². The van der Waals surface area contributed by atoms with E-state index in [0.29, 0.717) is 5.92 Å². The lowest BCUT2D eigenvalue weighted by molar-refractivity contribution is -0.116. The van der Waals surface area contributed by atoms with Gasteiger partial charge in [-0.1, -0.05) is 13.8 Å². The van der Waals surface area contributed by atoms with E-state index in [-0.39, 0.29) is 5.41 Å². The lowest BCUT2D eigenvalue weighted by Crippen LogP contribution is -2.25. The summed E-state index contributed by atoms with van der Waals surface area (Å²) >= 11 is 0. The van der Waals surface area contributed by atoms with Crippen LogP contribution in [0.15, 0.2) is 0 Å². The summed E-state index contributed by atoms with van der Waals surface area (Å²) in [6, 6.07) is 0. The van der Waals surface area contributed by atoms with Crippen molar-refractivity contribution in [3.8, 4) is 0 Å². The first kappa shape index (κ1) is 10.7. The van der Waals surface area contributed by atoms with Gasteiger partial charge in [-0.15, -0.1) is 0 Å². The zero-order valence-corrected chi connectivity index (χ0v) is 8.71. The van der Waals surface area contributed by atoms with Gasteiger partial charge >= 0.3 is 0 Å². The summed E-state index contributed by atoms with van der Waals surface area (Å²) in [4.78, 5) is 10.9. The van der Waals surface area contributed by atoms with E-state index < -0.39 is 0 Å². The van der Waals surface area contributed by atoms with Crippen LogP contribution in [0, 0.1) is 11.3 Å². The molecule has 13 heavy (non-hydrogen) atoms. The molecule has 76 valence electrons. The Balaban J connectivity index is 2.40. The van der Waals surface area contributed by atoms with E-state index in [9.17, 15) is 4.79 Å². The molecule has 0 aromatic rings. The van der Waals surface area contributed by atoms with Crippen LogP contribution in [0.2, 0.25) is 0 Å². The number of hydrogen-bond donors (Lipinski definition) is 0. The van der Waals surface area contributed by atoms with Crippen molar-refractivity contribution < 1.29 is 9.53 Å². The average molecular weight is 184 g/mol. The molecule has 0 amide bonds. The highest BCUT2D eigenvalue weighted by Gasteiger charge is 2.26. The quantitative estimate of drug-likeness (QED) is 0.627. The van der Waals surface area contributed by atoms with E-state index in [2.05, 4.69) is 13.8 Å². The summed E-state index contributed by atoms with van der Waals surface area (Å²) in [6.07, 6.45) is 5.37. The molecule has 1 unspecified atom stereocenters. The van der Waals surface area contributed by atoms with Gasteiger partial charge in [-0.05, 0) is 31.6 Å². The van der Waals surface area contributed by atoms with Crippen molar-refractivity contribution in [1.29, 1.82) is 0 Å². The maximum absolute atomic E-state index is 10.9. The first-order chi connectivity index (χ1) is 6.20. The van der Waals surface area contributed by atoms with Crippen LogP contribution in [0.4, 0.5) is 0 Å². The van der Waals surface area contributed by atoms with E-state index in [0.717, 1.165) is 45.2 Å². The van der Waals surface area contributed by atoms with Crippen molar-refractivity contribution in [2.75, 3.05) is 13.2 Å². The first-order valence-electron chi connectivity index (χ1n) is 5.24. The Morgan fingerprint density at radius 2 is 2.08 bits per heavy atom. The van der Waals surface area contributed by atoms with Crippen LogP contribution in [0.5, 0.6) is 0 Å². The van der Waals surface area contributed by atoms with Gasteiger partial charge in [0.1, 0.15) is 6.29 Å². The predicted molar refractivity (Wildman–Crippen MR) is 52.6 cm³/mol. The van der Waals surface area contributed by atoms with Gasteiger partial charge in [0.25, 0.3) is 0 Å². The molecule has 0 aromatic heterocycles. The minimum absolute atomic E-state index is 0.0952. The van der Waals surface area contributed by atoms with Gasteiger partial charge in [-0.2, -0.15) is 0 Å². The highest BCUT2D eigenvalue weighted by Crippen LogP contribution is 2.32. The minimum Gasteiger partial charge on any atom is -0.381 e. The second kappa shape index (κ2) is 4.75. The normalized spacial score (nSPS) is 23.8. The Bertz CT molecular complexity index is 161. The lowest BCUT2D eigenvalue weighted by atomic mass is 9.78. The summed E-state index contributed by atoms with van der Waals surface area (Å²) in [6.45, 7) is 5.91. The second-order valence-corrected chi connectivity index (χ2v) is 4.39. The van der Waals surface area contributed by atoms with Gasteiger partial charge in [0.2, 0.25) is 0 Å². The van der Waals surface area contributed by atoms with Crippen molar-refractivity contribution in [1.82, 2.24) is 0 Å². The van der Waals surface area contributed by atoms with Crippen LogP contribution in [0.3, 0.4) is 0 Å². The molecule has 1 aliphatic heterocycles. The fourth-order valence-corrected chi connectivity index (χ4v) is 1.89. The van der Waals surface area contributed by atoms with Gasteiger partial charge in [0.05, 0.1) is 0 Å². The molecule has 1 heterocycles. The fourth-order valence-electron chi connectivity index (χ4n) is 1.89. The number of aldehydes is 1. The SMILES string of the molecule is CCC(C)(C=O)CC1CCOCC1. The molecule has 2 nitrogen and oxygen atoms in total. The molecule has 1 saturated heterocycles. The van der Waals surface area contributed by atoms with Crippen LogP contribution in [-0.4, -0.2) is 19.5 Å². The van der Waals surface area contributed by atoms with Gasteiger partial charge in [0, 0.05) is 18.6 Å². The Labute approximate surface area is 80.7 Å². The number of hydrogen-bond acceptors (Lipinski definition) is 2. The average Bonchev–Trinajstić information content (AvgIpc) is 2.19. The van der Waals surface area contributed by atoms with E-state index in [1.165, 1.54) is 0 Å². The van der Waals surface area contributed by atoms with Gasteiger partial charge in [0.15, 0.2) is 0 Å². The molecule has 0 spiro atoms. The molecule has 0 aromatic carbocycles. The van der Waals surface area contributed by atoms with Crippen LogP contribution in [-0.2, 0) is 9.53 Å². The molecule has 1 aliphatic rings. The number of ether oxygens (including phenoxy) is 1. The van der Waals surface area contributed by atoms with Crippen LogP contribution >= 0.6 is 0 Å². The lowest BCUT2D eigenvalue weighted by Gasteiger charge is -2.29. The van der Waals surface area contributed by atoms with Crippen molar-refractivity contribution in [2.24, 2.45) is 11.3 Å². The fraction of sp³-hybridized carbons (Fsp3) is 0.909. The highest BCUT2D eigenvalue weighted by atomic mass is 16.5. The summed E-state index contributed by atoms with van der Waals surface area (Å²) in [5, 5.41) is 0. The Morgan fingerprint density at radius 1 is 1.46 bits per heavy atom. The third kappa shape index (κ3) is 3.11. The number of carbonyl (C=O) groups is 1. The third-order valence-electron chi connectivity index (χ3n) is 3.19. The Hall–Kier alpha value is -0.370. The van der Waals surface area contributed by atoms with Gasteiger partial charge in [-0.25, -0.2) is 0 Å². The van der Waals surface area contributed by atoms with Crippen LogP contribution in [0.25, 0.3) is 0 Å². The van der Waals surface area contributed by atoms with Crippen molar-refractivity contribution in [2.45, 2.75) is 39.5 Å². The van der Waals surface area contributed by atoms with Crippen molar-refractivity contribution >= 4 is 6.29 Å². The zero-order chi connectivity index (χ0) is 9.73. The molecule has 0 saturated carbocycles. The smallest absolute Gasteiger partial charge is 0.125 e. The summed E-state index contributed by atoms with van der Waals surface area (Å²) in [7, 11) is 0. The standard InChI is InChI=1S/C11H20O2/c1-3-11(2,9-12)8-10-4-6-13-7-5-10/h9-10H,3-8H2,1-2H3. The maximum Gasteiger partial charge on any atom is 0.125 e. The first-order valence-corrected chi connectivity index (χ1v) is 5.24. The summed E-state index contributed by atoms with van der Waals surface area (Å²) < 4.78 is 5.29. The molecule has 1 rings (SSSR count). The van der Waals surface area contributed by atoms with Crippen LogP contribution < -0.4 is 0 Å². The summed E-state index contributed by atoms with van der Waals surface area (Å²) in [5.74, 6) is 0.698. The predicted octanol–water partition coefficient (Wildman–Crippen LogP) is 2.42. The molecule has 2 heteroatoms. The van der Waals surface area contributed by atoms with E-state index in [1.54, 1.807) is 0 Å².